The van der Waals surface area contributed by atoms with Crippen molar-refractivity contribution in [2.24, 2.45) is 0 Å². The Morgan fingerprint density at radius 3 is 1.11 bits per heavy atom. The van der Waals surface area contributed by atoms with Gasteiger partial charge in [0.15, 0.2) is 6.29 Å². The van der Waals surface area contributed by atoms with Crippen LogP contribution in [0.15, 0.2) is 85.1 Å². The highest BCUT2D eigenvalue weighted by molar-refractivity contribution is 5.76. The summed E-state index contributed by atoms with van der Waals surface area (Å²) >= 11 is 0. The zero-order valence-corrected chi connectivity index (χ0v) is 53.9. The van der Waals surface area contributed by atoms with E-state index in [-0.39, 0.29) is 12.5 Å². The van der Waals surface area contributed by atoms with E-state index in [1.165, 1.54) is 212 Å². The van der Waals surface area contributed by atoms with Gasteiger partial charge in [-0.15, -0.1) is 0 Å². The number of nitrogens with one attached hydrogen (secondary N) is 1. The van der Waals surface area contributed by atoms with Crippen LogP contribution >= 0.6 is 0 Å². The topological polar surface area (TPSA) is 149 Å². The molecule has 1 amide bonds. The summed E-state index contributed by atoms with van der Waals surface area (Å²) < 4.78 is 11.3. The molecule has 7 atom stereocenters. The summed E-state index contributed by atoms with van der Waals surface area (Å²) in [6, 6.07) is -0.817. The average molecular weight is 1160 g/mol. The molecule has 1 rings (SSSR count). The summed E-state index contributed by atoms with van der Waals surface area (Å²) in [7, 11) is 0. The van der Waals surface area contributed by atoms with E-state index in [4.69, 9.17) is 9.47 Å². The van der Waals surface area contributed by atoms with Crippen molar-refractivity contribution < 1.29 is 39.8 Å². The molecule has 0 radical (unpaired) electrons. The fourth-order valence-corrected chi connectivity index (χ4v) is 11.0. The van der Waals surface area contributed by atoms with E-state index in [0.29, 0.717) is 6.42 Å². The van der Waals surface area contributed by atoms with Crippen LogP contribution in [0.4, 0.5) is 0 Å². The molecule has 0 aromatic carbocycles. The summed E-state index contributed by atoms with van der Waals surface area (Å²) in [4.78, 5) is 13.1. The highest BCUT2D eigenvalue weighted by Gasteiger charge is 2.44. The number of hydrogen-bond acceptors (Lipinski definition) is 8. The molecule has 0 bridgehead atoms. The molecule has 1 aliphatic heterocycles. The van der Waals surface area contributed by atoms with Crippen LogP contribution in [0.3, 0.4) is 0 Å². The van der Waals surface area contributed by atoms with E-state index in [9.17, 15) is 30.3 Å². The smallest absolute Gasteiger partial charge is 0.220 e. The summed E-state index contributed by atoms with van der Waals surface area (Å²) in [6.07, 6.45) is 82.6. The van der Waals surface area contributed by atoms with Crippen LogP contribution in [0, 0.1) is 0 Å². The molecule has 1 saturated heterocycles. The first-order valence-corrected chi connectivity index (χ1v) is 35.3. The first-order valence-electron chi connectivity index (χ1n) is 35.3. The maximum atomic E-state index is 13.1. The Morgan fingerprint density at radius 2 is 0.747 bits per heavy atom. The Balaban J connectivity index is 2.14. The second-order valence-corrected chi connectivity index (χ2v) is 24.3. The number of carbonyl (C=O) groups is 1. The molecule has 1 fully saturated rings. The minimum atomic E-state index is -1.57. The van der Waals surface area contributed by atoms with Crippen molar-refractivity contribution in [1.82, 2.24) is 5.32 Å². The Kier molecular flexibility index (Phi) is 59.0. The summed E-state index contributed by atoms with van der Waals surface area (Å²) in [5.41, 5.74) is 0. The minimum absolute atomic E-state index is 0.185. The molecule has 482 valence electrons. The van der Waals surface area contributed by atoms with E-state index in [1.54, 1.807) is 6.08 Å². The van der Waals surface area contributed by atoms with E-state index in [1.807, 2.05) is 6.08 Å². The van der Waals surface area contributed by atoms with Crippen LogP contribution in [-0.4, -0.2) is 87.5 Å². The molecule has 0 spiro atoms. The van der Waals surface area contributed by atoms with Crippen LogP contribution in [0.2, 0.25) is 0 Å². The van der Waals surface area contributed by atoms with Crippen LogP contribution in [0.5, 0.6) is 0 Å². The number of aliphatic hydroxyl groups excluding tert-OH is 5. The monoisotopic (exact) mass is 1160 g/mol. The number of unbranched alkanes of at least 4 members (excludes halogenated alkanes) is 39. The maximum absolute atomic E-state index is 13.1. The fourth-order valence-electron chi connectivity index (χ4n) is 11.0. The summed E-state index contributed by atoms with van der Waals surface area (Å²) in [6.45, 7) is 3.69. The van der Waals surface area contributed by atoms with Gasteiger partial charge in [0.25, 0.3) is 0 Å². The molecule has 1 aliphatic rings. The van der Waals surface area contributed by atoms with Gasteiger partial charge in [0.05, 0.1) is 25.4 Å². The lowest BCUT2D eigenvalue weighted by Crippen LogP contribution is -2.60. The number of carbonyl (C=O) groups excluding carboxylic acids is 1. The Hall–Kier alpha value is -2.63. The average Bonchev–Trinajstić information content (AvgIpc) is 3.60. The lowest BCUT2D eigenvalue weighted by atomic mass is 9.99. The molecule has 0 aromatic rings. The quantitative estimate of drug-likeness (QED) is 0.0261. The standard InChI is InChI=1S/C74H133NO8/c1-3-5-7-9-11-13-15-17-19-21-23-25-27-29-31-32-33-34-35-36-38-39-41-43-45-47-49-51-53-55-57-59-61-63-68(77)67(66-82-74-73(81)72(80)71(79)69(65-76)83-74)75-70(78)64-62-60-58-56-54-52-50-48-46-44-42-40-37-30-28-26-24-22-20-18-16-14-12-10-8-6-4-2/h6,8,12,14,18,20,24,26,30,37,42,44,61,63,67-69,71-74,76-77,79-81H,3-5,7,9-11,13,15-17,19,21-23,25,27-29,31-36,38-41,43,45-60,62,64-66H2,1-2H3,(H,75,78)/b8-6-,14-12-,20-18-,26-24-,37-30-,44-42-,63-61+. The predicted molar refractivity (Wildman–Crippen MR) is 355 cm³/mol. The van der Waals surface area contributed by atoms with E-state index < -0.39 is 49.5 Å². The predicted octanol–water partition coefficient (Wildman–Crippen LogP) is 19.3. The molecule has 0 aliphatic carbocycles. The highest BCUT2D eigenvalue weighted by Crippen LogP contribution is 2.23. The Morgan fingerprint density at radius 1 is 0.422 bits per heavy atom. The fraction of sp³-hybridized carbons (Fsp3) is 0.797. The van der Waals surface area contributed by atoms with Gasteiger partial charge in [-0.1, -0.05) is 330 Å². The number of rotatable bonds is 61. The van der Waals surface area contributed by atoms with Gasteiger partial charge in [-0.25, -0.2) is 0 Å². The van der Waals surface area contributed by atoms with Gasteiger partial charge in [0.1, 0.15) is 24.4 Å². The molecule has 9 heteroatoms. The molecular weight excluding hydrogens is 1030 g/mol. The second-order valence-electron chi connectivity index (χ2n) is 24.3. The molecule has 1 heterocycles. The van der Waals surface area contributed by atoms with Crippen molar-refractivity contribution in [2.45, 2.75) is 365 Å². The molecule has 0 saturated carbocycles. The van der Waals surface area contributed by atoms with Crippen molar-refractivity contribution in [3.05, 3.63) is 85.1 Å². The largest absolute Gasteiger partial charge is 0.394 e. The van der Waals surface area contributed by atoms with Gasteiger partial charge in [-0.2, -0.15) is 0 Å². The zero-order chi connectivity index (χ0) is 60.0. The minimum Gasteiger partial charge on any atom is -0.394 e. The van der Waals surface area contributed by atoms with E-state index in [2.05, 4.69) is 92.1 Å². The van der Waals surface area contributed by atoms with E-state index in [0.717, 1.165) is 89.9 Å². The third-order valence-electron chi connectivity index (χ3n) is 16.5. The van der Waals surface area contributed by atoms with Gasteiger partial charge in [0, 0.05) is 6.42 Å². The number of allylic oxidation sites excluding steroid dienone is 13. The summed E-state index contributed by atoms with van der Waals surface area (Å²) in [5.74, 6) is -0.185. The molecule has 7 unspecified atom stereocenters. The van der Waals surface area contributed by atoms with Crippen molar-refractivity contribution in [1.29, 1.82) is 0 Å². The van der Waals surface area contributed by atoms with Gasteiger partial charge in [-0.3, -0.25) is 4.79 Å². The lowest BCUT2D eigenvalue weighted by molar-refractivity contribution is -0.302. The first kappa shape index (κ1) is 78.4. The Labute approximate surface area is 511 Å². The molecule has 6 N–H and O–H groups in total. The zero-order valence-electron chi connectivity index (χ0n) is 53.9. The van der Waals surface area contributed by atoms with Crippen molar-refractivity contribution in [3.63, 3.8) is 0 Å². The molecular formula is C74H133NO8. The normalized spacial score (nSPS) is 18.8. The Bertz CT molecular complexity index is 1590. The second kappa shape index (κ2) is 62.4. The SMILES string of the molecule is CC/C=C\C/C=C\C/C=C\C/C=C\C/C=C\C/C=C\CCCCCCCCCCC(=O)NC(COC1OC(CO)C(O)C(O)C1O)C(O)/C=C/CCCCCCCCCCCCCCCCCCCCCCCCCCCCCCCCC. The van der Waals surface area contributed by atoms with Gasteiger partial charge >= 0.3 is 0 Å². The van der Waals surface area contributed by atoms with E-state index >= 15 is 0 Å². The van der Waals surface area contributed by atoms with Crippen molar-refractivity contribution in [2.75, 3.05) is 13.2 Å². The third-order valence-corrected chi connectivity index (χ3v) is 16.5. The molecule has 0 aromatic heterocycles. The molecule has 9 nitrogen and oxygen atoms in total. The number of aliphatic hydroxyl groups is 5. The van der Waals surface area contributed by atoms with Gasteiger partial charge in [0.2, 0.25) is 5.91 Å². The van der Waals surface area contributed by atoms with Gasteiger partial charge < -0.3 is 40.3 Å². The van der Waals surface area contributed by atoms with Crippen LogP contribution < -0.4 is 5.32 Å². The maximum Gasteiger partial charge on any atom is 0.220 e. The third kappa shape index (κ3) is 51.2. The van der Waals surface area contributed by atoms with Crippen molar-refractivity contribution in [3.8, 4) is 0 Å². The lowest BCUT2D eigenvalue weighted by Gasteiger charge is -2.40. The van der Waals surface area contributed by atoms with Crippen LogP contribution in [-0.2, 0) is 14.3 Å². The molecule has 83 heavy (non-hydrogen) atoms. The van der Waals surface area contributed by atoms with Crippen molar-refractivity contribution >= 4 is 5.91 Å². The number of amides is 1. The summed E-state index contributed by atoms with van der Waals surface area (Å²) in [5, 5.41) is 54.8. The van der Waals surface area contributed by atoms with Crippen LogP contribution in [0.1, 0.15) is 322 Å². The highest BCUT2D eigenvalue weighted by atomic mass is 16.7. The van der Waals surface area contributed by atoms with Crippen LogP contribution in [0.25, 0.3) is 0 Å². The number of ether oxygens (including phenoxy) is 2. The van der Waals surface area contributed by atoms with Gasteiger partial charge in [-0.05, 0) is 70.6 Å². The number of hydrogen-bond donors (Lipinski definition) is 6. The first-order chi connectivity index (χ1) is 40.8.